The fourth-order valence-corrected chi connectivity index (χ4v) is 3.23. The second-order valence-electron chi connectivity index (χ2n) is 7.15. The van der Waals surface area contributed by atoms with Gasteiger partial charge in [0.25, 0.3) is 5.91 Å². The fourth-order valence-electron chi connectivity index (χ4n) is 3.23. The van der Waals surface area contributed by atoms with E-state index in [1.54, 1.807) is 0 Å². The van der Waals surface area contributed by atoms with E-state index in [0.717, 1.165) is 24.1 Å². The summed E-state index contributed by atoms with van der Waals surface area (Å²) in [5.41, 5.74) is 11.4. The van der Waals surface area contributed by atoms with Crippen molar-refractivity contribution in [1.29, 1.82) is 0 Å². The Balaban J connectivity index is 0.00000280. The molecule has 5 nitrogen and oxygen atoms in total. The average molecular weight is 492 g/mol. The lowest BCUT2D eigenvalue weighted by molar-refractivity contribution is 0.0939. The van der Waals surface area contributed by atoms with Crippen molar-refractivity contribution in [3.05, 3.63) is 64.7 Å². The van der Waals surface area contributed by atoms with Crippen molar-refractivity contribution >= 4 is 41.5 Å². The van der Waals surface area contributed by atoms with Gasteiger partial charge in [0.1, 0.15) is 0 Å². The van der Waals surface area contributed by atoms with Gasteiger partial charge in [-0.1, -0.05) is 25.1 Å². The summed E-state index contributed by atoms with van der Waals surface area (Å²) in [6.45, 7) is 4.47. The number of rotatable bonds is 6. The van der Waals surface area contributed by atoms with E-state index < -0.39 is 0 Å². The van der Waals surface area contributed by atoms with Crippen LogP contribution in [0.15, 0.2) is 47.5 Å². The van der Waals surface area contributed by atoms with Gasteiger partial charge in [-0.2, -0.15) is 0 Å². The first-order chi connectivity index (χ1) is 13.0. The third-order valence-corrected chi connectivity index (χ3v) is 4.98. The SMILES string of the molecule is CCC(C)NC(=O)c1cccc(CN=C(N)Nc2ccc3c(c2)CCC3)c1.I. The van der Waals surface area contributed by atoms with E-state index in [1.165, 1.54) is 24.0 Å². The van der Waals surface area contributed by atoms with Crippen LogP contribution in [0, 0.1) is 0 Å². The number of guanidine groups is 1. The molecule has 0 bridgehead atoms. The molecule has 0 saturated carbocycles. The van der Waals surface area contributed by atoms with Gasteiger partial charge in [-0.05, 0) is 73.6 Å². The highest BCUT2D eigenvalue weighted by Crippen LogP contribution is 2.24. The number of hydrogen-bond donors (Lipinski definition) is 3. The van der Waals surface area contributed by atoms with Gasteiger partial charge in [0.2, 0.25) is 0 Å². The number of nitrogens with two attached hydrogens (primary N) is 1. The number of aryl methyl sites for hydroxylation is 2. The lowest BCUT2D eigenvalue weighted by Gasteiger charge is -2.12. The maximum Gasteiger partial charge on any atom is 0.251 e. The third kappa shape index (κ3) is 5.95. The molecule has 0 saturated heterocycles. The normalized spacial score (nSPS) is 14.0. The summed E-state index contributed by atoms with van der Waals surface area (Å²) in [6, 6.07) is 14.0. The molecule has 6 heteroatoms. The Morgan fingerprint density at radius 1 is 1.18 bits per heavy atom. The van der Waals surface area contributed by atoms with E-state index in [9.17, 15) is 4.79 Å². The molecule has 4 N–H and O–H groups in total. The zero-order valence-electron chi connectivity index (χ0n) is 16.5. The number of aliphatic imine (C=N–C) groups is 1. The van der Waals surface area contributed by atoms with Crippen molar-refractivity contribution in [1.82, 2.24) is 5.32 Å². The van der Waals surface area contributed by atoms with Crippen LogP contribution >= 0.6 is 24.0 Å². The molecule has 1 aliphatic rings. The topological polar surface area (TPSA) is 79.5 Å². The second kappa shape index (κ2) is 10.5. The van der Waals surface area contributed by atoms with Crippen LogP contribution in [0.1, 0.15) is 53.7 Å². The van der Waals surface area contributed by atoms with Crippen molar-refractivity contribution in [3.8, 4) is 0 Å². The van der Waals surface area contributed by atoms with Crippen LogP contribution in [0.3, 0.4) is 0 Å². The Hall–Kier alpha value is -2.09. The van der Waals surface area contributed by atoms with Gasteiger partial charge >= 0.3 is 0 Å². The first kappa shape index (κ1) is 22.2. The monoisotopic (exact) mass is 492 g/mol. The molecule has 1 atom stereocenters. The van der Waals surface area contributed by atoms with Crippen LogP contribution in [0.25, 0.3) is 0 Å². The number of nitrogens with one attached hydrogen (secondary N) is 2. The van der Waals surface area contributed by atoms with Gasteiger partial charge in [-0.15, -0.1) is 24.0 Å². The van der Waals surface area contributed by atoms with Gasteiger partial charge in [0.05, 0.1) is 6.54 Å². The molecule has 3 rings (SSSR count). The van der Waals surface area contributed by atoms with Gasteiger partial charge < -0.3 is 16.4 Å². The Bertz CT molecular complexity index is 850. The van der Waals surface area contributed by atoms with Crippen molar-refractivity contribution in [2.75, 3.05) is 5.32 Å². The molecule has 1 aliphatic carbocycles. The first-order valence-corrected chi connectivity index (χ1v) is 9.63. The van der Waals surface area contributed by atoms with Gasteiger partial charge in [-0.3, -0.25) is 4.79 Å². The number of fused-ring (bicyclic) bond motifs is 1. The van der Waals surface area contributed by atoms with Crippen molar-refractivity contribution < 1.29 is 4.79 Å². The molecule has 2 aromatic carbocycles. The molecule has 0 fully saturated rings. The zero-order valence-corrected chi connectivity index (χ0v) is 18.8. The quantitative estimate of drug-likeness (QED) is 0.321. The van der Waals surface area contributed by atoms with Crippen LogP contribution in [0.4, 0.5) is 5.69 Å². The van der Waals surface area contributed by atoms with Gasteiger partial charge in [-0.25, -0.2) is 4.99 Å². The Morgan fingerprint density at radius 2 is 1.96 bits per heavy atom. The number of anilines is 1. The summed E-state index contributed by atoms with van der Waals surface area (Å²) in [6.07, 6.45) is 4.43. The second-order valence-corrected chi connectivity index (χ2v) is 7.15. The average Bonchev–Trinajstić information content (AvgIpc) is 3.14. The Morgan fingerprint density at radius 3 is 2.75 bits per heavy atom. The largest absolute Gasteiger partial charge is 0.370 e. The van der Waals surface area contributed by atoms with E-state index in [0.29, 0.717) is 18.1 Å². The van der Waals surface area contributed by atoms with Crippen LogP contribution in [0.5, 0.6) is 0 Å². The number of carbonyl (C=O) groups excluding carboxylic acids is 1. The van der Waals surface area contributed by atoms with Crippen molar-refractivity contribution in [3.63, 3.8) is 0 Å². The predicted molar refractivity (Wildman–Crippen MR) is 126 cm³/mol. The zero-order chi connectivity index (χ0) is 19.2. The van der Waals surface area contributed by atoms with Crippen molar-refractivity contribution in [2.45, 2.75) is 52.1 Å². The molecular formula is C22H29IN4O. The summed E-state index contributed by atoms with van der Waals surface area (Å²) in [7, 11) is 0. The third-order valence-electron chi connectivity index (χ3n) is 4.98. The highest BCUT2D eigenvalue weighted by molar-refractivity contribution is 14.0. The van der Waals surface area contributed by atoms with Crippen LogP contribution in [0.2, 0.25) is 0 Å². The predicted octanol–water partition coefficient (Wildman–Crippen LogP) is 4.25. The minimum absolute atomic E-state index is 0. The van der Waals surface area contributed by atoms with Gasteiger partial charge in [0.15, 0.2) is 5.96 Å². The van der Waals surface area contributed by atoms with E-state index in [2.05, 4.69) is 27.8 Å². The Labute approximate surface area is 184 Å². The van der Waals surface area contributed by atoms with Crippen molar-refractivity contribution in [2.24, 2.45) is 10.7 Å². The molecule has 1 unspecified atom stereocenters. The molecule has 0 radical (unpaired) electrons. The number of hydrogen-bond acceptors (Lipinski definition) is 2. The van der Waals surface area contributed by atoms with E-state index >= 15 is 0 Å². The van der Waals surface area contributed by atoms with Crippen LogP contribution in [-0.2, 0) is 19.4 Å². The highest BCUT2D eigenvalue weighted by atomic mass is 127. The summed E-state index contributed by atoms with van der Waals surface area (Å²) in [5, 5.41) is 6.14. The molecule has 0 aliphatic heterocycles. The summed E-state index contributed by atoms with van der Waals surface area (Å²) in [4.78, 5) is 16.7. The first-order valence-electron chi connectivity index (χ1n) is 9.63. The molecule has 1 amide bonds. The molecule has 28 heavy (non-hydrogen) atoms. The minimum atomic E-state index is -0.0561. The fraction of sp³-hybridized carbons (Fsp3) is 0.364. The molecule has 2 aromatic rings. The highest BCUT2D eigenvalue weighted by Gasteiger charge is 2.11. The maximum atomic E-state index is 12.3. The summed E-state index contributed by atoms with van der Waals surface area (Å²) < 4.78 is 0. The molecule has 150 valence electrons. The number of amides is 1. The van der Waals surface area contributed by atoms with Crippen LogP contribution < -0.4 is 16.4 Å². The Kier molecular flexibility index (Phi) is 8.29. The molecule has 0 spiro atoms. The lowest BCUT2D eigenvalue weighted by atomic mass is 10.1. The van der Waals surface area contributed by atoms with E-state index in [-0.39, 0.29) is 35.9 Å². The van der Waals surface area contributed by atoms with Gasteiger partial charge in [0, 0.05) is 17.3 Å². The molecule has 0 aromatic heterocycles. The maximum absolute atomic E-state index is 12.3. The summed E-state index contributed by atoms with van der Waals surface area (Å²) in [5.74, 6) is 0.321. The summed E-state index contributed by atoms with van der Waals surface area (Å²) >= 11 is 0. The standard InChI is InChI=1S/C22H28N4O.HI/c1-3-15(2)25-21(27)19-9-4-6-16(12-19)14-24-22(23)26-20-11-10-17-7-5-8-18(17)13-20;/h4,6,9-13,15H,3,5,7-8,14H2,1-2H3,(H,25,27)(H3,23,24,26);1H. The smallest absolute Gasteiger partial charge is 0.251 e. The van der Waals surface area contributed by atoms with E-state index in [1.807, 2.05) is 44.2 Å². The number of benzene rings is 2. The molecular weight excluding hydrogens is 463 g/mol. The number of nitrogens with zero attached hydrogens (tertiary/aromatic N) is 1. The lowest BCUT2D eigenvalue weighted by Crippen LogP contribution is -2.31. The number of halogens is 1. The van der Waals surface area contributed by atoms with E-state index in [4.69, 9.17) is 5.73 Å². The number of carbonyl (C=O) groups is 1. The van der Waals surface area contributed by atoms with Crippen LogP contribution in [-0.4, -0.2) is 17.9 Å². The molecule has 0 heterocycles. The minimum Gasteiger partial charge on any atom is -0.370 e.